The molecule has 0 aromatic carbocycles. The van der Waals surface area contributed by atoms with E-state index in [0.29, 0.717) is 6.42 Å². The van der Waals surface area contributed by atoms with Crippen LogP contribution < -0.4 is 0 Å². The highest BCUT2D eigenvalue weighted by Gasteiger charge is 2.02. The number of carboxylic acids is 1. The Morgan fingerprint density at radius 1 is 0.833 bits per heavy atom. The van der Waals surface area contributed by atoms with Crippen LogP contribution in [0.4, 0.5) is 0 Å². The van der Waals surface area contributed by atoms with Crippen LogP contribution in [-0.2, 0) is 11.2 Å². The van der Waals surface area contributed by atoms with E-state index in [0.717, 1.165) is 37.1 Å². The van der Waals surface area contributed by atoms with Gasteiger partial charge in [-0.15, -0.1) is 0 Å². The van der Waals surface area contributed by atoms with Gasteiger partial charge in [0.05, 0.1) is 11.4 Å². The molecule has 2 aromatic heterocycles. The Morgan fingerprint density at radius 2 is 1.54 bits per heavy atom. The molecule has 2 rings (SSSR count). The van der Waals surface area contributed by atoms with Crippen molar-refractivity contribution in [2.45, 2.75) is 57.8 Å². The number of rotatable bonds is 11. The topological polar surface area (TPSA) is 63.1 Å². The summed E-state index contributed by atoms with van der Waals surface area (Å²) < 4.78 is 0. The maximum atomic E-state index is 10.4. The molecule has 0 aliphatic carbocycles. The van der Waals surface area contributed by atoms with Gasteiger partial charge in [0.2, 0.25) is 0 Å². The van der Waals surface area contributed by atoms with Crippen LogP contribution in [0, 0.1) is 0 Å². The normalized spacial score (nSPS) is 10.7. The second-order valence-electron chi connectivity index (χ2n) is 6.13. The third kappa shape index (κ3) is 6.90. The summed E-state index contributed by atoms with van der Waals surface area (Å²) in [5.41, 5.74) is 3.17. The molecule has 0 spiro atoms. The summed E-state index contributed by atoms with van der Waals surface area (Å²) in [6, 6.07) is 10.1. The third-order valence-corrected chi connectivity index (χ3v) is 4.11. The maximum absolute atomic E-state index is 10.4. The lowest BCUT2D eigenvalue weighted by Crippen LogP contribution is -1.93. The van der Waals surface area contributed by atoms with E-state index in [4.69, 9.17) is 5.11 Å². The maximum Gasteiger partial charge on any atom is 0.303 e. The Hall–Kier alpha value is -2.23. The van der Waals surface area contributed by atoms with E-state index in [-0.39, 0.29) is 0 Å². The summed E-state index contributed by atoms with van der Waals surface area (Å²) in [6.07, 6.45) is 12.9. The molecular formula is C20H26N2O2. The van der Waals surface area contributed by atoms with Crippen LogP contribution in [0.25, 0.3) is 11.4 Å². The molecular weight excluding hydrogens is 300 g/mol. The fourth-order valence-electron chi connectivity index (χ4n) is 2.77. The van der Waals surface area contributed by atoms with Gasteiger partial charge in [-0.2, -0.15) is 0 Å². The van der Waals surface area contributed by atoms with Gasteiger partial charge in [-0.05, 0) is 49.1 Å². The predicted molar refractivity (Wildman–Crippen MR) is 95.7 cm³/mol. The number of carbonyl (C=O) groups is 1. The molecule has 2 aromatic rings. The highest BCUT2D eigenvalue weighted by Crippen LogP contribution is 2.17. The van der Waals surface area contributed by atoms with Gasteiger partial charge in [-0.1, -0.05) is 38.2 Å². The molecule has 0 aliphatic heterocycles. The van der Waals surface area contributed by atoms with Gasteiger partial charge in [-0.25, -0.2) is 0 Å². The first kappa shape index (κ1) is 18.1. The number of aryl methyl sites for hydroxylation is 1. The Kier molecular flexibility index (Phi) is 7.94. The van der Waals surface area contributed by atoms with Crippen molar-refractivity contribution in [2.24, 2.45) is 0 Å². The largest absolute Gasteiger partial charge is 0.481 e. The number of aromatic nitrogens is 2. The molecule has 2 heterocycles. The lowest BCUT2D eigenvalue weighted by Gasteiger charge is -2.05. The zero-order valence-electron chi connectivity index (χ0n) is 14.2. The second kappa shape index (κ2) is 10.5. The summed E-state index contributed by atoms with van der Waals surface area (Å²) >= 11 is 0. The lowest BCUT2D eigenvalue weighted by molar-refractivity contribution is -0.137. The fraction of sp³-hybridized carbons (Fsp3) is 0.450. The van der Waals surface area contributed by atoms with Crippen molar-refractivity contribution in [1.82, 2.24) is 9.97 Å². The van der Waals surface area contributed by atoms with Crippen molar-refractivity contribution in [3.8, 4) is 11.4 Å². The molecule has 4 nitrogen and oxygen atoms in total. The van der Waals surface area contributed by atoms with E-state index in [2.05, 4.69) is 22.1 Å². The van der Waals surface area contributed by atoms with E-state index < -0.39 is 5.97 Å². The molecule has 0 aliphatic rings. The molecule has 0 bridgehead atoms. The summed E-state index contributed by atoms with van der Waals surface area (Å²) in [5.74, 6) is -0.683. The quantitative estimate of drug-likeness (QED) is 0.597. The van der Waals surface area contributed by atoms with Crippen LogP contribution in [0.3, 0.4) is 0 Å². The highest BCUT2D eigenvalue weighted by molar-refractivity contribution is 5.66. The molecule has 0 unspecified atom stereocenters. The average molecular weight is 326 g/mol. The molecule has 24 heavy (non-hydrogen) atoms. The van der Waals surface area contributed by atoms with E-state index >= 15 is 0 Å². The van der Waals surface area contributed by atoms with Crippen molar-refractivity contribution in [3.63, 3.8) is 0 Å². The van der Waals surface area contributed by atoms with E-state index in [1.165, 1.54) is 31.2 Å². The Bertz CT molecular complexity index is 614. The average Bonchev–Trinajstić information content (AvgIpc) is 2.61. The summed E-state index contributed by atoms with van der Waals surface area (Å²) in [7, 11) is 0. The molecule has 0 saturated heterocycles. The molecule has 0 saturated carbocycles. The Balaban J connectivity index is 1.62. The summed E-state index contributed by atoms with van der Waals surface area (Å²) in [4.78, 5) is 19.2. The SMILES string of the molecule is O=C(O)CCCCCCCCCc1ccnc(-c2ccccn2)c1. The second-order valence-corrected chi connectivity index (χ2v) is 6.13. The Labute approximate surface area is 144 Å². The molecule has 0 atom stereocenters. The number of nitrogens with zero attached hydrogens (tertiary/aromatic N) is 2. The van der Waals surface area contributed by atoms with Crippen molar-refractivity contribution in [3.05, 3.63) is 48.3 Å². The summed E-state index contributed by atoms with van der Waals surface area (Å²) in [6.45, 7) is 0. The van der Waals surface area contributed by atoms with Gasteiger partial charge in [-0.3, -0.25) is 14.8 Å². The van der Waals surface area contributed by atoms with Crippen LogP contribution >= 0.6 is 0 Å². The lowest BCUT2D eigenvalue weighted by atomic mass is 10.0. The fourth-order valence-corrected chi connectivity index (χ4v) is 2.77. The smallest absolute Gasteiger partial charge is 0.303 e. The van der Waals surface area contributed by atoms with Crippen LogP contribution in [0.2, 0.25) is 0 Å². The van der Waals surface area contributed by atoms with Gasteiger partial charge in [0, 0.05) is 18.8 Å². The molecule has 4 heteroatoms. The van der Waals surface area contributed by atoms with Gasteiger partial charge >= 0.3 is 5.97 Å². The molecule has 128 valence electrons. The van der Waals surface area contributed by atoms with E-state index in [1.807, 2.05) is 24.4 Å². The number of unbranched alkanes of at least 4 members (excludes halogenated alkanes) is 6. The van der Waals surface area contributed by atoms with Crippen molar-refractivity contribution >= 4 is 5.97 Å². The van der Waals surface area contributed by atoms with Gasteiger partial charge in [0.15, 0.2) is 0 Å². The number of carboxylic acid groups (broad SMARTS) is 1. The number of aliphatic carboxylic acids is 1. The van der Waals surface area contributed by atoms with E-state index in [9.17, 15) is 4.79 Å². The molecule has 0 fully saturated rings. The Morgan fingerprint density at radius 3 is 2.25 bits per heavy atom. The predicted octanol–water partition coefficient (Wildman–Crippen LogP) is 4.89. The van der Waals surface area contributed by atoms with Crippen LogP contribution in [0.15, 0.2) is 42.7 Å². The highest BCUT2D eigenvalue weighted by atomic mass is 16.4. The van der Waals surface area contributed by atoms with E-state index in [1.54, 1.807) is 6.20 Å². The first-order chi connectivity index (χ1) is 11.8. The number of pyridine rings is 2. The minimum Gasteiger partial charge on any atom is -0.481 e. The number of hydrogen-bond acceptors (Lipinski definition) is 3. The van der Waals surface area contributed by atoms with Crippen molar-refractivity contribution < 1.29 is 9.90 Å². The van der Waals surface area contributed by atoms with Crippen LogP contribution in [0.5, 0.6) is 0 Å². The van der Waals surface area contributed by atoms with Crippen LogP contribution in [0.1, 0.15) is 56.9 Å². The monoisotopic (exact) mass is 326 g/mol. The minimum atomic E-state index is -0.683. The van der Waals surface area contributed by atoms with Crippen LogP contribution in [-0.4, -0.2) is 21.0 Å². The molecule has 0 radical (unpaired) electrons. The zero-order valence-corrected chi connectivity index (χ0v) is 14.2. The van der Waals surface area contributed by atoms with Gasteiger partial charge < -0.3 is 5.11 Å². The third-order valence-electron chi connectivity index (χ3n) is 4.11. The minimum absolute atomic E-state index is 0.306. The molecule has 1 N–H and O–H groups in total. The zero-order chi connectivity index (χ0) is 17.0. The summed E-state index contributed by atoms with van der Waals surface area (Å²) in [5, 5.41) is 8.58. The number of hydrogen-bond donors (Lipinski definition) is 1. The standard InChI is InChI=1S/C20H26N2O2/c23-20(24)12-7-5-3-1-2-4-6-10-17-13-15-22-19(16-17)18-11-8-9-14-21-18/h8-9,11,13-16H,1-7,10,12H2,(H,23,24). The van der Waals surface area contributed by atoms with Gasteiger partial charge in [0.1, 0.15) is 0 Å². The van der Waals surface area contributed by atoms with Crippen molar-refractivity contribution in [1.29, 1.82) is 0 Å². The van der Waals surface area contributed by atoms with Gasteiger partial charge in [0.25, 0.3) is 0 Å². The first-order valence-corrected chi connectivity index (χ1v) is 8.84. The van der Waals surface area contributed by atoms with Crippen molar-refractivity contribution in [2.75, 3.05) is 0 Å². The first-order valence-electron chi connectivity index (χ1n) is 8.84. The molecule has 0 amide bonds.